The highest BCUT2D eigenvalue weighted by Crippen LogP contribution is 2.11. The van der Waals surface area contributed by atoms with Crippen molar-refractivity contribution in [3.63, 3.8) is 0 Å². The number of hydrogen-bond acceptors (Lipinski definition) is 9. The van der Waals surface area contributed by atoms with Crippen molar-refractivity contribution in [2.24, 2.45) is 16.5 Å². The summed E-state index contributed by atoms with van der Waals surface area (Å²) in [4.78, 5) is 94.9. The van der Waals surface area contributed by atoms with Gasteiger partial charge in [0.2, 0.25) is 29.5 Å². The lowest BCUT2D eigenvalue weighted by molar-refractivity contribution is -0.141. The summed E-state index contributed by atoms with van der Waals surface area (Å²) in [5.41, 5.74) is 12.8. The normalized spacial score (nSPS) is 19.9. The summed E-state index contributed by atoms with van der Waals surface area (Å²) in [6, 6.07) is 10.1. The molecule has 0 spiro atoms. The molecule has 1 fully saturated rings. The number of guanidine groups is 1. The number of carbonyl (C=O) groups excluding carboxylic acids is 6. The molecule has 3 rings (SSSR count). The summed E-state index contributed by atoms with van der Waals surface area (Å²) >= 11 is 0. The molecule has 286 valence electrons. The summed E-state index contributed by atoms with van der Waals surface area (Å²) in [6.45, 7) is 3.11. The monoisotopic (exact) mass is 737 g/mol. The van der Waals surface area contributed by atoms with Crippen LogP contribution in [0.2, 0.25) is 0 Å². The molecule has 1 heterocycles. The average molecular weight is 738 g/mol. The van der Waals surface area contributed by atoms with Crippen LogP contribution in [0.4, 0.5) is 4.79 Å². The zero-order chi connectivity index (χ0) is 38.9. The molecular weight excluding hydrogens is 690 g/mol. The Hall–Kier alpha value is -6.20. The zero-order valence-corrected chi connectivity index (χ0v) is 29.6. The summed E-state index contributed by atoms with van der Waals surface area (Å²) in [5.74, 6) is -5.68. The van der Waals surface area contributed by atoms with Gasteiger partial charge in [0.05, 0.1) is 19.1 Å². The van der Waals surface area contributed by atoms with Crippen molar-refractivity contribution in [1.82, 2.24) is 31.9 Å². The number of aliphatic carboxylic acids is 1. The molecule has 0 saturated carbocycles. The molecule has 2 aromatic carbocycles. The first-order chi connectivity index (χ1) is 25.2. The lowest BCUT2D eigenvalue weighted by atomic mass is 10.0. The molecule has 6 amide bonds. The van der Waals surface area contributed by atoms with Crippen molar-refractivity contribution in [1.29, 1.82) is 0 Å². The Morgan fingerprint density at radius 1 is 0.792 bits per heavy atom. The maximum absolute atomic E-state index is 14.0. The molecule has 0 bridgehead atoms. The first-order valence-corrected chi connectivity index (χ1v) is 17.0. The molecule has 1 saturated heterocycles. The van der Waals surface area contributed by atoms with Gasteiger partial charge in [-0.1, -0.05) is 54.6 Å². The summed E-state index contributed by atoms with van der Waals surface area (Å²) in [7, 11) is 0. The Labute approximate surface area is 306 Å². The molecule has 1 aliphatic rings. The highest BCUT2D eigenvalue weighted by Gasteiger charge is 2.33. The number of carboxylic acid groups (broad SMARTS) is 1. The van der Waals surface area contributed by atoms with Crippen LogP contribution in [0, 0.1) is 0 Å². The van der Waals surface area contributed by atoms with E-state index >= 15 is 0 Å². The van der Waals surface area contributed by atoms with Gasteiger partial charge in [-0.25, -0.2) is 4.79 Å². The van der Waals surface area contributed by atoms with Crippen LogP contribution in [0.3, 0.4) is 0 Å². The fourth-order valence-corrected chi connectivity index (χ4v) is 5.24. The van der Waals surface area contributed by atoms with Gasteiger partial charge in [0.15, 0.2) is 5.96 Å². The molecule has 2 aromatic rings. The minimum atomic E-state index is -1.60. The van der Waals surface area contributed by atoms with Crippen LogP contribution in [0.15, 0.2) is 59.6 Å². The molecule has 18 nitrogen and oxygen atoms in total. The van der Waals surface area contributed by atoms with E-state index in [0.717, 1.165) is 5.56 Å². The van der Waals surface area contributed by atoms with E-state index in [0.29, 0.717) is 11.1 Å². The smallest absolute Gasteiger partial charge is 0.407 e. The van der Waals surface area contributed by atoms with Gasteiger partial charge in [0.1, 0.15) is 24.2 Å². The standard InChI is InChI=1S/C35H47N9O9/c1-20(2)53-35(52)40-18-23-12-10-22(11-13-23)16-26-31(49)42-24(9-6-14-38-34(36)37)30(48)39-19-28(45)41-27(17-29(46)47)33(51)44-25(32(50)43-26)15-21-7-4-3-5-8-21/h3-5,7-8,10-13,20,24-27H,6,9,14-19H2,1-2H3,(H,39,48)(H,40,52)(H,41,45)(H,42,49)(H,43,50)(H,44,51)(H,46,47)(H4,36,37,38)/t24-,25+,26-,27-/m0/s1. The number of hydrogen-bond donors (Lipinski definition) is 9. The maximum Gasteiger partial charge on any atom is 0.407 e. The SMILES string of the molecule is CC(C)OC(=O)NCc1ccc(C[C@@H]2NC(=O)[C@@H](Cc3ccccc3)NC(=O)[C@H](CC(=O)O)NC(=O)CNC(=O)[C@H](CCCN=C(N)N)NC2=O)cc1. The van der Waals surface area contributed by atoms with Gasteiger partial charge in [0, 0.05) is 25.9 Å². The quantitative estimate of drug-likeness (QED) is 0.0662. The van der Waals surface area contributed by atoms with Crippen LogP contribution in [0.1, 0.15) is 49.8 Å². The van der Waals surface area contributed by atoms with E-state index < -0.39 is 78.7 Å². The summed E-state index contributed by atoms with van der Waals surface area (Å²) in [5, 5.41) is 24.7. The van der Waals surface area contributed by atoms with E-state index in [1.165, 1.54) is 0 Å². The van der Waals surface area contributed by atoms with Gasteiger partial charge in [0.25, 0.3) is 0 Å². The number of aliphatic imine (C=N–C) groups is 1. The number of rotatable bonds is 13. The first kappa shape index (κ1) is 41.2. The van der Waals surface area contributed by atoms with E-state index in [9.17, 15) is 38.7 Å². The third kappa shape index (κ3) is 14.9. The predicted octanol–water partition coefficient (Wildman–Crippen LogP) is -1.30. The Balaban J connectivity index is 1.97. The molecule has 18 heteroatoms. The Morgan fingerprint density at radius 3 is 1.91 bits per heavy atom. The number of carbonyl (C=O) groups is 7. The number of nitrogens with one attached hydrogen (secondary N) is 6. The number of amides is 6. The van der Waals surface area contributed by atoms with Gasteiger partial charge in [-0.3, -0.25) is 33.8 Å². The summed E-state index contributed by atoms with van der Waals surface area (Å²) in [6.07, 6.45) is -1.51. The lowest BCUT2D eigenvalue weighted by Crippen LogP contribution is -2.58. The van der Waals surface area contributed by atoms with Crippen LogP contribution in [-0.4, -0.2) is 96.0 Å². The molecule has 1 aliphatic heterocycles. The topological polar surface area (TPSA) is 286 Å². The number of nitrogens with zero attached hydrogens (tertiary/aromatic N) is 1. The zero-order valence-electron chi connectivity index (χ0n) is 29.6. The number of ether oxygens (including phenoxy) is 1. The first-order valence-electron chi connectivity index (χ1n) is 17.0. The van der Waals surface area contributed by atoms with E-state index in [-0.39, 0.29) is 50.8 Å². The van der Waals surface area contributed by atoms with Gasteiger partial charge in [-0.2, -0.15) is 0 Å². The molecule has 53 heavy (non-hydrogen) atoms. The Bertz CT molecular complexity index is 1630. The Morgan fingerprint density at radius 2 is 1.34 bits per heavy atom. The third-order valence-electron chi connectivity index (χ3n) is 7.82. The van der Waals surface area contributed by atoms with Crippen LogP contribution in [-0.2, 0) is 52.9 Å². The van der Waals surface area contributed by atoms with Crippen molar-refractivity contribution in [2.75, 3.05) is 13.1 Å². The maximum atomic E-state index is 14.0. The highest BCUT2D eigenvalue weighted by atomic mass is 16.6. The number of carboxylic acids is 1. The third-order valence-corrected chi connectivity index (χ3v) is 7.82. The van der Waals surface area contributed by atoms with E-state index in [2.05, 4.69) is 36.9 Å². The van der Waals surface area contributed by atoms with Crippen LogP contribution < -0.4 is 43.4 Å². The average Bonchev–Trinajstić information content (AvgIpc) is 3.10. The van der Waals surface area contributed by atoms with Gasteiger partial charge < -0.3 is 53.2 Å². The predicted molar refractivity (Wildman–Crippen MR) is 192 cm³/mol. The van der Waals surface area contributed by atoms with Crippen molar-refractivity contribution in [3.05, 3.63) is 71.3 Å². The molecule has 11 N–H and O–H groups in total. The fraction of sp³-hybridized carbons (Fsp3) is 0.429. The van der Waals surface area contributed by atoms with E-state index in [1.54, 1.807) is 68.4 Å². The second-order valence-electron chi connectivity index (χ2n) is 12.6. The number of alkyl carbamates (subject to hydrolysis) is 1. The number of benzene rings is 2. The van der Waals surface area contributed by atoms with E-state index in [4.69, 9.17) is 16.2 Å². The molecule has 4 atom stereocenters. The molecular formula is C35H47N9O9. The van der Waals surface area contributed by atoms with E-state index in [1.807, 2.05) is 0 Å². The minimum absolute atomic E-state index is 0.0376. The Kier molecular flexibility index (Phi) is 16.0. The molecule has 0 aromatic heterocycles. The second-order valence-corrected chi connectivity index (χ2v) is 12.6. The summed E-state index contributed by atoms with van der Waals surface area (Å²) < 4.78 is 5.08. The number of nitrogens with two attached hydrogens (primary N) is 2. The largest absolute Gasteiger partial charge is 0.481 e. The van der Waals surface area contributed by atoms with Crippen molar-refractivity contribution >= 4 is 47.6 Å². The van der Waals surface area contributed by atoms with Gasteiger partial charge in [-0.15, -0.1) is 0 Å². The minimum Gasteiger partial charge on any atom is -0.481 e. The highest BCUT2D eigenvalue weighted by molar-refractivity contribution is 5.98. The second kappa shape index (κ2) is 20.6. The van der Waals surface area contributed by atoms with Crippen molar-refractivity contribution < 1.29 is 43.4 Å². The van der Waals surface area contributed by atoms with Crippen LogP contribution in [0.25, 0.3) is 0 Å². The fourth-order valence-electron chi connectivity index (χ4n) is 5.24. The van der Waals surface area contributed by atoms with Crippen LogP contribution >= 0.6 is 0 Å². The van der Waals surface area contributed by atoms with Crippen molar-refractivity contribution in [3.8, 4) is 0 Å². The molecule has 0 aliphatic carbocycles. The lowest BCUT2D eigenvalue weighted by Gasteiger charge is -2.26. The van der Waals surface area contributed by atoms with Gasteiger partial charge >= 0.3 is 12.1 Å². The van der Waals surface area contributed by atoms with Crippen molar-refractivity contribution in [2.45, 2.75) is 82.8 Å². The van der Waals surface area contributed by atoms with Crippen LogP contribution in [0.5, 0.6) is 0 Å². The molecule has 0 unspecified atom stereocenters. The van der Waals surface area contributed by atoms with Gasteiger partial charge in [-0.05, 0) is 43.4 Å². The molecule has 0 radical (unpaired) electrons.